The van der Waals surface area contributed by atoms with E-state index in [-0.39, 0.29) is 5.57 Å². The summed E-state index contributed by atoms with van der Waals surface area (Å²) >= 11 is 1.22. The highest BCUT2D eigenvalue weighted by atomic mass is 32.1. The molecule has 0 aliphatic rings. The van der Waals surface area contributed by atoms with Crippen molar-refractivity contribution in [3.63, 3.8) is 0 Å². The van der Waals surface area contributed by atoms with E-state index in [0.29, 0.717) is 10.8 Å². The fourth-order valence-corrected chi connectivity index (χ4v) is 1.72. The van der Waals surface area contributed by atoms with Crippen molar-refractivity contribution in [2.24, 2.45) is 0 Å². The molecule has 0 aliphatic heterocycles. The van der Waals surface area contributed by atoms with Crippen molar-refractivity contribution in [3.05, 3.63) is 17.2 Å². The van der Waals surface area contributed by atoms with E-state index < -0.39 is 5.97 Å². The maximum atomic E-state index is 10.8. The smallest absolute Gasteiger partial charge is 0.180 e. The number of nitrogen functional groups attached to an aromatic ring is 1. The van der Waals surface area contributed by atoms with Crippen molar-refractivity contribution in [3.8, 4) is 0 Å². The maximum Gasteiger partial charge on any atom is 0.180 e. The predicted molar refractivity (Wildman–Crippen MR) is 59.0 cm³/mol. The third-order valence-corrected chi connectivity index (χ3v) is 2.60. The van der Waals surface area contributed by atoms with Crippen LogP contribution in [0.3, 0.4) is 0 Å². The van der Waals surface area contributed by atoms with Crippen LogP contribution in [0.5, 0.6) is 0 Å². The molecule has 1 rings (SSSR count). The molecule has 0 bridgehead atoms. The number of rotatable bonds is 5. The molecule has 0 radical (unpaired) electrons. The fraction of sp³-hybridized carbons (Fsp3) is 0.400. The summed E-state index contributed by atoms with van der Waals surface area (Å²) in [5.74, 6) is -1.20. The Kier molecular flexibility index (Phi) is 4.30. The summed E-state index contributed by atoms with van der Waals surface area (Å²) < 4.78 is 0. The van der Waals surface area contributed by atoms with Gasteiger partial charge in [0.25, 0.3) is 0 Å². The van der Waals surface area contributed by atoms with Crippen LogP contribution in [0.25, 0.3) is 5.57 Å². The van der Waals surface area contributed by atoms with E-state index in [9.17, 15) is 9.90 Å². The summed E-state index contributed by atoms with van der Waals surface area (Å²) in [6, 6.07) is 0. The lowest BCUT2D eigenvalue weighted by Gasteiger charge is -2.05. The summed E-state index contributed by atoms with van der Waals surface area (Å²) in [7, 11) is 0. The lowest BCUT2D eigenvalue weighted by atomic mass is 10.1. The number of nitrogens with two attached hydrogens (primary N) is 1. The SMILES string of the molecule is CCCC/C=C(\C(=O)[O-])c1csc(N)n1. The second-order valence-electron chi connectivity index (χ2n) is 3.12. The summed E-state index contributed by atoms with van der Waals surface area (Å²) in [5, 5.41) is 12.8. The first-order chi connectivity index (χ1) is 7.15. The number of allylic oxidation sites excluding steroid dienone is 1. The molecule has 0 unspecified atom stereocenters. The van der Waals surface area contributed by atoms with Crippen molar-refractivity contribution in [1.29, 1.82) is 0 Å². The second kappa shape index (κ2) is 5.50. The number of hydrogen-bond acceptors (Lipinski definition) is 5. The largest absolute Gasteiger partial charge is 0.545 e. The van der Waals surface area contributed by atoms with Crippen LogP contribution in [-0.2, 0) is 4.79 Å². The zero-order valence-electron chi connectivity index (χ0n) is 8.53. The van der Waals surface area contributed by atoms with E-state index in [2.05, 4.69) is 4.98 Å². The van der Waals surface area contributed by atoms with Crippen molar-refractivity contribution < 1.29 is 9.90 Å². The Balaban J connectivity index is 2.83. The van der Waals surface area contributed by atoms with E-state index in [1.54, 1.807) is 11.5 Å². The van der Waals surface area contributed by atoms with Gasteiger partial charge in [0.2, 0.25) is 0 Å². The molecule has 1 aromatic rings. The zero-order valence-corrected chi connectivity index (χ0v) is 9.34. The molecule has 0 atom stereocenters. The molecule has 4 nitrogen and oxygen atoms in total. The van der Waals surface area contributed by atoms with Crippen molar-refractivity contribution in [2.45, 2.75) is 26.2 Å². The van der Waals surface area contributed by atoms with Crippen LogP contribution in [0, 0.1) is 0 Å². The number of carboxylic acids is 1. The number of nitrogens with zero attached hydrogens (tertiary/aromatic N) is 1. The third-order valence-electron chi connectivity index (χ3n) is 1.92. The molecule has 0 amide bonds. The van der Waals surface area contributed by atoms with Crippen LogP contribution in [0.1, 0.15) is 31.9 Å². The van der Waals surface area contributed by atoms with Gasteiger partial charge in [0.15, 0.2) is 5.13 Å². The molecule has 0 spiro atoms. The minimum absolute atomic E-state index is 0.136. The fourth-order valence-electron chi connectivity index (χ4n) is 1.15. The molecule has 82 valence electrons. The van der Waals surface area contributed by atoms with Crippen molar-refractivity contribution in [1.82, 2.24) is 4.98 Å². The van der Waals surface area contributed by atoms with Crippen LogP contribution in [0.15, 0.2) is 11.5 Å². The number of carboxylic acid groups (broad SMARTS) is 1. The van der Waals surface area contributed by atoms with E-state index in [0.717, 1.165) is 19.3 Å². The molecule has 1 aromatic heterocycles. The minimum Gasteiger partial charge on any atom is -0.545 e. The zero-order chi connectivity index (χ0) is 11.3. The predicted octanol–water partition coefficient (Wildman–Crippen LogP) is 1.05. The number of aromatic nitrogens is 1. The minimum atomic E-state index is -1.20. The summed E-state index contributed by atoms with van der Waals surface area (Å²) in [6.07, 6.45) is 4.34. The van der Waals surface area contributed by atoms with Crippen LogP contribution in [0.2, 0.25) is 0 Å². The highest BCUT2D eigenvalue weighted by Gasteiger charge is 2.06. The first kappa shape index (κ1) is 11.7. The van der Waals surface area contributed by atoms with Gasteiger partial charge < -0.3 is 15.6 Å². The molecule has 0 saturated heterocycles. The molecule has 15 heavy (non-hydrogen) atoms. The van der Waals surface area contributed by atoms with Gasteiger partial charge in [0, 0.05) is 11.0 Å². The van der Waals surface area contributed by atoms with Crippen LogP contribution < -0.4 is 10.8 Å². The van der Waals surface area contributed by atoms with Gasteiger partial charge in [0.1, 0.15) is 0 Å². The van der Waals surface area contributed by atoms with E-state index in [1.807, 2.05) is 6.92 Å². The van der Waals surface area contributed by atoms with Gasteiger partial charge in [-0.3, -0.25) is 0 Å². The molecular weight excluding hydrogens is 212 g/mol. The molecule has 0 aromatic carbocycles. The Morgan fingerprint density at radius 1 is 1.73 bits per heavy atom. The monoisotopic (exact) mass is 225 g/mol. The van der Waals surface area contributed by atoms with Gasteiger partial charge >= 0.3 is 0 Å². The van der Waals surface area contributed by atoms with Gasteiger partial charge in [-0.05, 0) is 6.42 Å². The molecule has 0 aliphatic carbocycles. The van der Waals surface area contributed by atoms with E-state index in [1.165, 1.54) is 11.3 Å². The molecule has 0 fully saturated rings. The summed E-state index contributed by atoms with van der Waals surface area (Å²) in [6.45, 7) is 2.05. The lowest BCUT2D eigenvalue weighted by Crippen LogP contribution is -2.23. The number of hydrogen-bond donors (Lipinski definition) is 1. The number of anilines is 1. The van der Waals surface area contributed by atoms with Gasteiger partial charge in [-0.15, -0.1) is 11.3 Å². The number of carbonyl (C=O) groups is 1. The molecular formula is C10H13N2O2S-. The Morgan fingerprint density at radius 3 is 2.93 bits per heavy atom. The van der Waals surface area contributed by atoms with Crippen LogP contribution in [0.4, 0.5) is 5.13 Å². The van der Waals surface area contributed by atoms with E-state index in [4.69, 9.17) is 5.73 Å². The summed E-state index contributed by atoms with van der Waals surface area (Å²) in [5.41, 5.74) is 5.97. The lowest BCUT2D eigenvalue weighted by molar-refractivity contribution is -0.295. The number of carbonyl (C=O) groups excluding carboxylic acids is 1. The topological polar surface area (TPSA) is 79.0 Å². The Hall–Kier alpha value is -1.36. The maximum absolute atomic E-state index is 10.8. The first-order valence-electron chi connectivity index (χ1n) is 4.78. The van der Waals surface area contributed by atoms with Crippen LogP contribution >= 0.6 is 11.3 Å². The second-order valence-corrected chi connectivity index (χ2v) is 4.01. The van der Waals surface area contributed by atoms with Gasteiger partial charge in [-0.25, -0.2) is 4.98 Å². The standard InChI is InChI=1S/C10H14N2O2S/c1-2-3-4-5-7(9(13)14)8-6-15-10(11)12-8/h5-6H,2-4H2,1H3,(H2,11,12)(H,13,14)/p-1/b7-5-. The quantitative estimate of drug-likeness (QED) is 0.600. The highest BCUT2D eigenvalue weighted by Crippen LogP contribution is 2.19. The van der Waals surface area contributed by atoms with Gasteiger partial charge in [-0.2, -0.15) is 0 Å². The number of aliphatic carboxylic acids is 1. The molecule has 0 saturated carbocycles. The summed E-state index contributed by atoms with van der Waals surface area (Å²) in [4.78, 5) is 14.8. The Morgan fingerprint density at radius 2 is 2.47 bits per heavy atom. The van der Waals surface area contributed by atoms with Crippen LogP contribution in [-0.4, -0.2) is 11.0 Å². The normalized spacial score (nSPS) is 11.7. The molecule has 5 heteroatoms. The van der Waals surface area contributed by atoms with Gasteiger partial charge in [-0.1, -0.05) is 25.8 Å². The Labute approximate surface area is 92.5 Å². The average molecular weight is 225 g/mol. The van der Waals surface area contributed by atoms with E-state index >= 15 is 0 Å². The average Bonchev–Trinajstić information content (AvgIpc) is 2.59. The molecule has 1 heterocycles. The third kappa shape index (κ3) is 3.36. The number of thiazole rings is 1. The number of unbranched alkanes of at least 4 members (excludes halogenated alkanes) is 2. The molecule has 2 N–H and O–H groups in total. The van der Waals surface area contributed by atoms with Crippen molar-refractivity contribution in [2.75, 3.05) is 5.73 Å². The Bertz CT molecular complexity index is 371. The first-order valence-corrected chi connectivity index (χ1v) is 5.66. The highest BCUT2D eigenvalue weighted by molar-refractivity contribution is 7.13. The van der Waals surface area contributed by atoms with Gasteiger partial charge in [0.05, 0.1) is 11.7 Å². The van der Waals surface area contributed by atoms with Crippen molar-refractivity contribution >= 4 is 28.0 Å².